The second-order valence-electron chi connectivity index (χ2n) is 16.8. The van der Waals surface area contributed by atoms with Gasteiger partial charge >= 0.3 is 17.9 Å². The minimum Gasteiger partial charge on any atom is -0.462 e. The van der Waals surface area contributed by atoms with Gasteiger partial charge in [-0.25, -0.2) is 0 Å². The maximum Gasteiger partial charge on any atom is 0.306 e. The monoisotopic (exact) mass is 911 g/mol. The number of hydrogen-bond donors (Lipinski definition) is 0. The van der Waals surface area contributed by atoms with Crippen molar-refractivity contribution < 1.29 is 28.6 Å². The third-order valence-electron chi connectivity index (χ3n) is 10.5. The fourth-order valence-electron chi connectivity index (χ4n) is 6.59. The van der Waals surface area contributed by atoms with E-state index in [-0.39, 0.29) is 44.0 Å². The lowest BCUT2D eigenvalue weighted by atomic mass is 10.1. The molecule has 0 N–H and O–H groups in total. The second-order valence-corrected chi connectivity index (χ2v) is 16.8. The van der Waals surface area contributed by atoms with Crippen molar-refractivity contribution in [3.8, 4) is 0 Å². The molecule has 0 aliphatic rings. The molecule has 0 saturated carbocycles. The maximum absolute atomic E-state index is 12.8. The first-order chi connectivity index (χ1) is 32.5. The Bertz CT molecular complexity index is 1460. The van der Waals surface area contributed by atoms with Gasteiger partial charge in [0, 0.05) is 19.3 Å². The molecule has 0 aliphatic carbocycles. The zero-order chi connectivity index (χ0) is 47.9. The van der Waals surface area contributed by atoms with Crippen molar-refractivity contribution in [1.29, 1.82) is 0 Å². The van der Waals surface area contributed by atoms with Gasteiger partial charge in [-0.05, 0) is 103 Å². The fourth-order valence-corrected chi connectivity index (χ4v) is 6.59. The van der Waals surface area contributed by atoms with E-state index in [2.05, 4.69) is 106 Å². The Balaban J connectivity index is 4.58. The van der Waals surface area contributed by atoms with Crippen molar-refractivity contribution in [3.05, 3.63) is 134 Å². The summed E-state index contributed by atoms with van der Waals surface area (Å²) < 4.78 is 16.7. The number of hydrogen-bond acceptors (Lipinski definition) is 6. The van der Waals surface area contributed by atoms with Crippen LogP contribution in [0.3, 0.4) is 0 Å². The van der Waals surface area contributed by atoms with Crippen molar-refractivity contribution in [2.24, 2.45) is 0 Å². The van der Waals surface area contributed by atoms with Crippen LogP contribution in [0, 0.1) is 0 Å². The van der Waals surface area contributed by atoms with E-state index in [0.29, 0.717) is 12.8 Å². The smallest absolute Gasteiger partial charge is 0.306 e. The number of ether oxygens (including phenoxy) is 3. The summed E-state index contributed by atoms with van der Waals surface area (Å²) in [7, 11) is 0. The van der Waals surface area contributed by atoms with Crippen LogP contribution in [-0.4, -0.2) is 37.2 Å². The Morgan fingerprint density at radius 2 is 0.697 bits per heavy atom. The summed E-state index contributed by atoms with van der Waals surface area (Å²) in [5.74, 6) is -1.07. The van der Waals surface area contributed by atoms with E-state index < -0.39 is 6.10 Å². The van der Waals surface area contributed by atoms with Crippen molar-refractivity contribution in [3.63, 3.8) is 0 Å². The Labute approximate surface area is 405 Å². The van der Waals surface area contributed by atoms with Crippen LogP contribution in [0.15, 0.2) is 134 Å². The van der Waals surface area contributed by atoms with Gasteiger partial charge in [-0.2, -0.15) is 0 Å². The Morgan fingerprint density at radius 1 is 0.333 bits per heavy atom. The molecule has 6 heteroatoms. The zero-order valence-electron chi connectivity index (χ0n) is 42.1. The number of rotatable bonds is 45. The highest BCUT2D eigenvalue weighted by molar-refractivity contribution is 5.71. The van der Waals surface area contributed by atoms with E-state index in [4.69, 9.17) is 14.2 Å². The lowest BCUT2D eigenvalue weighted by molar-refractivity contribution is -0.166. The molecule has 370 valence electrons. The third-order valence-corrected chi connectivity index (χ3v) is 10.5. The summed E-state index contributed by atoms with van der Waals surface area (Å²) in [6, 6.07) is 0. The van der Waals surface area contributed by atoms with Crippen LogP contribution in [0.25, 0.3) is 0 Å². The molecule has 0 aromatic heterocycles. The number of carbonyl (C=O) groups is 3. The normalized spacial score (nSPS) is 13.2. The first-order valence-corrected chi connectivity index (χ1v) is 26.2. The predicted octanol–water partition coefficient (Wildman–Crippen LogP) is 17.5. The third kappa shape index (κ3) is 50.5. The molecule has 0 aromatic carbocycles. The van der Waals surface area contributed by atoms with Gasteiger partial charge in [-0.15, -0.1) is 0 Å². The molecule has 0 heterocycles. The molecule has 0 spiro atoms. The summed E-state index contributed by atoms with van der Waals surface area (Å²) in [4.78, 5) is 38.0. The average Bonchev–Trinajstić information content (AvgIpc) is 3.31. The number of esters is 3. The van der Waals surface area contributed by atoms with E-state index in [1.165, 1.54) is 57.8 Å². The SMILES string of the molecule is CC\C=C/C=C\C=C/C=C\CCCCCC(=O)OCC(COC(=O)CC/C=C\C/C=C\C/C=C\C/C=C\C/C=C\C/C=C\CC)OC(=O)CCCCCCC/C=C\CCCCCCCCC. The van der Waals surface area contributed by atoms with Crippen LogP contribution in [0.1, 0.15) is 207 Å². The van der Waals surface area contributed by atoms with E-state index >= 15 is 0 Å². The first-order valence-electron chi connectivity index (χ1n) is 26.2. The van der Waals surface area contributed by atoms with Gasteiger partial charge in [-0.3, -0.25) is 14.4 Å². The van der Waals surface area contributed by atoms with Crippen LogP contribution < -0.4 is 0 Å². The molecule has 0 aromatic rings. The van der Waals surface area contributed by atoms with Gasteiger partial charge < -0.3 is 14.2 Å². The van der Waals surface area contributed by atoms with Crippen LogP contribution in [0.4, 0.5) is 0 Å². The predicted molar refractivity (Wildman–Crippen MR) is 283 cm³/mol. The lowest BCUT2D eigenvalue weighted by Gasteiger charge is -2.18. The highest BCUT2D eigenvalue weighted by Crippen LogP contribution is 2.12. The zero-order valence-corrected chi connectivity index (χ0v) is 42.1. The standard InChI is InChI=1S/C60H94O6/c1-4-7-10-13-16-19-22-25-27-29-30-31-33-35-38-41-44-47-50-53-59(62)65-56-57(55-64-58(61)52-49-46-43-40-37-34-24-21-18-15-12-9-6-3)66-60(63)54-51-48-45-42-39-36-32-28-26-23-20-17-14-11-8-5-2/h7,9-10,12,15-16,18-19,21,24-25,27-28,30-32,34-35,37-38,44,47,57H,4-6,8,11,13-14,17,20,22-23,26,29,33,36,39-43,45-46,48-56H2,1-3H3/b10-7-,12-9-,18-15-,19-16-,24-21-,27-25-,31-30-,32-28-,37-34-,38-35-,47-44-. The molecule has 0 rings (SSSR count). The topological polar surface area (TPSA) is 78.9 Å². The maximum atomic E-state index is 12.8. The van der Waals surface area contributed by atoms with Gasteiger partial charge in [0.15, 0.2) is 6.10 Å². The van der Waals surface area contributed by atoms with Gasteiger partial charge in [0.25, 0.3) is 0 Å². The summed E-state index contributed by atoms with van der Waals surface area (Å²) in [6.07, 6.45) is 74.5. The molecule has 0 amide bonds. The number of carbonyl (C=O) groups excluding carboxylic acids is 3. The highest BCUT2D eigenvalue weighted by Gasteiger charge is 2.19. The number of unbranched alkanes of at least 4 members (excludes halogenated alkanes) is 15. The van der Waals surface area contributed by atoms with Crippen LogP contribution in [0.2, 0.25) is 0 Å². The van der Waals surface area contributed by atoms with Crippen LogP contribution in [0.5, 0.6) is 0 Å². The van der Waals surface area contributed by atoms with Gasteiger partial charge in [-0.1, -0.05) is 219 Å². The molecule has 1 unspecified atom stereocenters. The van der Waals surface area contributed by atoms with Gasteiger partial charge in [0.05, 0.1) is 0 Å². The Hall–Kier alpha value is -4.45. The largest absolute Gasteiger partial charge is 0.462 e. The molecular weight excluding hydrogens is 817 g/mol. The van der Waals surface area contributed by atoms with E-state index in [0.717, 1.165) is 103 Å². The van der Waals surface area contributed by atoms with Crippen LogP contribution >= 0.6 is 0 Å². The Kier molecular flexibility index (Phi) is 49.6. The molecule has 6 nitrogen and oxygen atoms in total. The van der Waals surface area contributed by atoms with Crippen molar-refractivity contribution >= 4 is 17.9 Å². The van der Waals surface area contributed by atoms with Crippen molar-refractivity contribution in [2.75, 3.05) is 13.2 Å². The molecule has 0 bridgehead atoms. The van der Waals surface area contributed by atoms with Crippen molar-refractivity contribution in [1.82, 2.24) is 0 Å². The summed E-state index contributed by atoms with van der Waals surface area (Å²) in [5, 5.41) is 0. The van der Waals surface area contributed by atoms with Gasteiger partial charge in [0.1, 0.15) is 13.2 Å². The molecule has 0 aliphatic heterocycles. The van der Waals surface area contributed by atoms with Crippen LogP contribution in [-0.2, 0) is 28.6 Å². The number of allylic oxidation sites excluding steroid dienone is 22. The molecule has 0 radical (unpaired) electrons. The second kappa shape index (κ2) is 53.2. The minimum absolute atomic E-state index is 0.130. The first kappa shape index (κ1) is 61.5. The lowest BCUT2D eigenvalue weighted by Crippen LogP contribution is -2.30. The summed E-state index contributed by atoms with van der Waals surface area (Å²) >= 11 is 0. The molecular formula is C60H94O6. The van der Waals surface area contributed by atoms with E-state index in [1.54, 1.807) is 0 Å². The molecule has 0 fully saturated rings. The molecule has 1 atom stereocenters. The summed E-state index contributed by atoms with van der Waals surface area (Å²) in [6.45, 7) is 6.25. The van der Waals surface area contributed by atoms with Crippen molar-refractivity contribution in [2.45, 2.75) is 213 Å². The fraction of sp³-hybridized carbons (Fsp3) is 0.583. The van der Waals surface area contributed by atoms with E-state index in [9.17, 15) is 14.4 Å². The Morgan fingerprint density at radius 3 is 1.21 bits per heavy atom. The summed E-state index contributed by atoms with van der Waals surface area (Å²) in [5.41, 5.74) is 0. The quantitative estimate of drug-likeness (QED) is 0.0199. The highest BCUT2D eigenvalue weighted by atomic mass is 16.6. The minimum atomic E-state index is -0.833. The molecule has 66 heavy (non-hydrogen) atoms. The van der Waals surface area contributed by atoms with Gasteiger partial charge in [0.2, 0.25) is 0 Å². The average molecular weight is 911 g/mol. The molecule has 0 saturated heterocycles. The van der Waals surface area contributed by atoms with E-state index in [1.807, 2.05) is 48.6 Å².